The predicted molar refractivity (Wildman–Crippen MR) is 226 cm³/mol. The van der Waals surface area contributed by atoms with Crippen LogP contribution < -0.4 is 0 Å². The molecule has 0 N–H and O–H groups in total. The number of ether oxygens (including phenoxy) is 5. The van der Waals surface area contributed by atoms with E-state index in [0.29, 0.717) is 25.0 Å². The molecule has 0 radical (unpaired) electrons. The lowest BCUT2D eigenvalue weighted by molar-refractivity contribution is -0.438. The van der Waals surface area contributed by atoms with Crippen LogP contribution in [-0.4, -0.2) is 93.2 Å². The van der Waals surface area contributed by atoms with E-state index in [2.05, 4.69) is 4.74 Å². The van der Waals surface area contributed by atoms with Crippen LogP contribution in [-0.2, 0) is 37.4 Å². The average molecular weight is 1270 g/mol. The molecule has 4 saturated carbocycles. The van der Waals surface area contributed by atoms with Crippen molar-refractivity contribution in [3.8, 4) is 0 Å². The fraction of sp³-hybridized carbons (Fsp3) is 0.682. The minimum Gasteiger partial charge on any atom is -0.496 e. The molecule has 8 nitrogen and oxygen atoms in total. The Bertz CT molecular complexity index is 2520. The van der Waals surface area contributed by atoms with Gasteiger partial charge in [0, 0.05) is 63.0 Å². The Hall–Kier alpha value is -2.75. The summed E-state index contributed by atoms with van der Waals surface area (Å²) in [6, 6.07) is 3.71. The molecule has 2 aliphatic heterocycles. The molecule has 422 valence electrons. The summed E-state index contributed by atoms with van der Waals surface area (Å²) in [6.45, 7) is -1.58. The Morgan fingerprint density at radius 2 is 0.987 bits per heavy atom. The van der Waals surface area contributed by atoms with Gasteiger partial charge >= 0.3 is 56.2 Å². The molecular formula is C44H39F20IO8S2. The normalized spacial score (nSPS) is 32.9. The van der Waals surface area contributed by atoms with Gasteiger partial charge in [-0.15, -0.1) is 0 Å². The second-order valence-corrected chi connectivity index (χ2v) is 26.0. The van der Waals surface area contributed by atoms with E-state index in [9.17, 15) is 26.0 Å². The van der Waals surface area contributed by atoms with Gasteiger partial charge in [-0.3, -0.25) is 0 Å². The zero-order valence-electron chi connectivity index (χ0n) is 37.7. The summed E-state index contributed by atoms with van der Waals surface area (Å²) in [7, 11) is -14.1. The van der Waals surface area contributed by atoms with E-state index in [1.165, 1.54) is 0 Å². The fourth-order valence-electron chi connectivity index (χ4n) is 12.1. The molecule has 75 heavy (non-hydrogen) atoms. The van der Waals surface area contributed by atoms with Crippen molar-refractivity contribution in [2.75, 3.05) is 26.4 Å². The van der Waals surface area contributed by atoms with E-state index in [1.807, 2.05) is 0 Å². The molecule has 0 spiro atoms. The number of halogens is 21. The first-order valence-corrected chi connectivity index (χ1v) is 26.6. The highest BCUT2D eigenvalue weighted by molar-refractivity contribution is 14.1. The van der Waals surface area contributed by atoms with Crippen LogP contribution in [0.5, 0.6) is 0 Å². The van der Waals surface area contributed by atoms with E-state index in [4.69, 9.17) is 22.6 Å². The quantitative estimate of drug-likeness (QED) is 0.0919. The summed E-state index contributed by atoms with van der Waals surface area (Å²) in [6.07, 6.45) is -47.2. The molecule has 6 aliphatic carbocycles. The highest BCUT2D eigenvalue weighted by Crippen LogP contribution is 2.77. The summed E-state index contributed by atoms with van der Waals surface area (Å²) in [4.78, 5) is -4.45. The zero-order valence-corrected chi connectivity index (χ0v) is 41.5. The number of benzene rings is 1. The third-order valence-electron chi connectivity index (χ3n) is 16.2. The van der Waals surface area contributed by atoms with Crippen LogP contribution >= 0.6 is 32.9 Å². The molecule has 1 aromatic carbocycles. The number of hydrogen-bond acceptors (Lipinski definition) is 8. The molecule has 8 atom stereocenters. The lowest BCUT2D eigenvalue weighted by Gasteiger charge is -2.49. The van der Waals surface area contributed by atoms with Crippen LogP contribution in [0.3, 0.4) is 0 Å². The summed E-state index contributed by atoms with van der Waals surface area (Å²) < 4.78 is 355. The Morgan fingerprint density at radius 1 is 0.587 bits per heavy atom. The van der Waals surface area contributed by atoms with Crippen LogP contribution in [0.4, 0.5) is 87.8 Å². The summed E-state index contributed by atoms with van der Waals surface area (Å²) in [5, 5.41) is -7.45. The van der Waals surface area contributed by atoms with Crippen LogP contribution in [0, 0.1) is 45.3 Å². The highest BCUT2D eigenvalue weighted by Gasteiger charge is 2.77. The van der Waals surface area contributed by atoms with Crippen molar-refractivity contribution < 1.29 is 124 Å². The van der Waals surface area contributed by atoms with Crippen LogP contribution in [0.2, 0.25) is 0 Å². The van der Waals surface area contributed by atoms with Gasteiger partial charge in [-0.2, -0.15) is 96.2 Å². The molecule has 9 rings (SSSR count). The summed E-state index contributed by atoms with van der Waals surface area (Å²) >= 11 is -0.558. The SMILES string of the molecule is O=S(=O)(OS(C1=C(OCC23CCC(C2)C2COC23)CC(C(F)(F)F)(C(F)(F)F)C=C1)(C1=C(OCC23CCC(C2)C2COC23)CC(C(F)(F)F)(C(F)(F)F)C=C1)c1ccccc1)C(F)(F)C(F)(F)OC(F)(F)C(F)(F)I. The minimum absolute atomic E-state index is 0.113. The van der Waals surface area contributed by atoms with Gasteiger partial charge in [0.1, 0.15) is 11.5 Å². The van der Waals surface area contributed by atoms with Gasteiger partial charge in [0.2, 0.25) is 0 Å². The van der Waals surface area contributed by atoms with Crippen molar-refractivity contribution in [2.24, 2.45) is 45.3 Å². The second-order valence-electron chi connectivity index (χ2n) is 20.2. The van der Waals surface area contributed by atoms with Gasteiger partial charge < -0.3 is 18.9 Å². The maximum atomic E-state index is 16.3. The van der Waals surface area contributed by atoms with Crippen LogP contribution in [0.15, 0.2) is 80.9 Å². The number of hydrogen-bond donors (Lipinski definition) is 0. The maximum absolute atomic E-state index is 16.3. The summed E-state index contributed by atoms with van der Waals surface area (Å²) in [5.41, 5.74) is -12.7. The third kappa shape index (κ3) is 8.52. The Labute approximate surface area is 427 Å². The minimum atomic E-state index is -8.18. The fourth-order valence-corrected chi connectivity index (χ4v) is 17.6. The van der Waals surface area contributed by atoms with Gasteiger partial charge in [0.15, 0.2) is 10.8 Å². The number of alkyl halides is 21. The van der Waals surface area contributed by atoms with Crippen molar-refractivity contribution in [3.63, 3.8) is 0 Å². The smallest absolute Gasteiger partial charge is 0.461 e. The average Bonchev–Trinajstić information content (AvgIpc) is 3.95. The van der Waals surface area contributed by atoms with Crippen molar-refractivity contribution in [2.45, 2.75) is 115 Å². The van der Waals surface area contributed by atoms with E-state index < -0.39 is 187 Å². The Morgan fingerprint density at radius 3 is 1.32 bits per heavy atom. The van der Waals surface area contributed by atoms with Gasteiger partial charge in [0.25, 0.3) is 0 Å². The first-order valence-electron chi connectivity index (χ1n) is 22.5. The van der Waals surface area contributed by atoms with E-state index in [-0.39, 0.29) is 74.7 Å². The number of fused-ring (bicyclic) bond motifs is 10. The molecular weight excluding hydrogens is 1230 g/mol. The molecule has 0 amide bonds. The van der Waals surface area contributed by atoms with Gasteiger partial charge in [-0.05, 0) is 85.0 Å². The van der Waals surface area contributed by atoms with Crippen molar-refractivity contribution in [3.05, 3.63) is 76.0 Å². The van der Waals surface area contributed by atoms with E-state index in [1.54, 1.807) is 0 Å². The van der Waals surface area contributed by atoms with E-state index in [0.717, 1.165) is 18.2 Å². The highest BCUT2D eigenvalue weighted by atomic mass is 127. The third-order valence-corrected chi connectivity index (χ3v) is 22.1. The molecule has 0 aromatic heterocycles. The zero-order chi connectivity index (χ0) is 55.4. The first-order chi connectivity index (χ1) is 34.2. The summed E-state index contributed by atoms with van der Waals surface area (Å²) in [5.74, 6) is -4.17. The monoisotopic (exact) mass is 1270 g/mol. The molecule has 2 saturated heterocycles. The molecule has 6 fully saturated rings. The topological polar surface area (TPSA) is 89.5 Å². The van der Waals surface area contributed by atoms with Crippen molar-refractivity contribution in [1.82, 2.24) is 0 Å². The maximum Gasteiger partial charge on any atom is 0.461 e. The molecule has 4 bridgehead atoms. The van der Waals surface area contributed by atoms with Crippen LogP contribution in [0.25, 0.3) is 0 Å². The molecule has 1 aromatic rings. The molecule has 8 aliphatic rings. The number of allylic oxidation sites excluding steroid dienone is 6. The van der Waals surface area contributed by atoms with Crippen molar-refractivity contribution >= 4 is 43.0 Å². The van der Waals surface area contributed by atoms with E-state index >= 15 is 70.2 Å². The van der Waals surface area contributed by atoms with Gasteiger partial charge in [-0.25, -0.2) is 8.37 Å². The molecule has 2 heterocycles. The Balaban J connectivity index is 1.34. The largest absolute Gasteiger partial charge is 0.496 e. The first kappa shape index (κ1) is 57.0. The van der Waals surface area contributed by atoms with Gasteiger partial charge in [-0.1, -0.05) is 30.4 Å². The number of rotatable bonds is 16. The standard InChI is InChI=1S/C44H39F20IO8S2/c45-37(46,47)35(38(48,49)50)12-8-29(27(16-35)70-20-33-10-6-22(14-33)25-18-68-31(25)33)74(24-4-2-1-3-5-24,73-75(66,67)44(63,64)43(61,62)72-42(59,60)41(57,58)65)30-9-13-36(39(51,52)53,40(54,55)56)17-28(30)71-21-34-11-7-23(15-34)26-19-69-32(26)34/h1-5,8-9,12-13,22-23,25-26,31-32H,6-7,10-11,14-21H2. The lowest BCUT2D eigenvalue weighted by atomic mass is 9.75. The Kier molecular flexibility index (Phi) is 13.4. The van der Waals surface area contributed by atoms with Gasteiger partial charge in [0.05, 0.1) is 48.4 Å². The molecule has 8 unspecified atom stereocenters. The predicted octanol–water partition coefficient (Wildman–Crippen LogP) is 14.2. The lowest BCUT2D eigenvalue weighted by Crippen LogP contribution is -2.55. The van der Waals surface area contributed by atoms with Crippen LogP contribution in [0.1, 0.15) is 51.4 Å². The second kappa shape index (κ2) is 17.6. The molecule has 31 heteroatoms. The van der Waals surface area contributed by atoms with Crippen molar-refractivity contribution in [1.29, 1.82) is 0 Å².